The Balaban J connectivity index is 1.50. The Labute approximate surface area is 263 Å². The van der Waals surface area contributed by atoms with Crippen LogP contribution < -0.4 is 9.80 Å². The van der Waals surface area contributed by atoms with Crippen molar-refractivity contribution in [2.75, 3.05) is 77.8 Å². The highest BCUT2D eigenvalue weighted by Crippen LogP contribution is 2.28. The monoisotopic (exact) mass is 620 g/mol. The lowest BCUT2D eigenvalue weighted by molar-refractivity contribution is -0.141. The van der Waals surface area contributed by atoms with E-state index in [0.717, 1.165) is 17.8 Å². The molecular weight excluding hydrogens is 580 g/mol. The zero-order chi connectivity index (χ0) is 32.3. The van der Waals surface area contributed by atoms with Gasteiger partial charge < -0.3 is 38.5 Å². The molecule has 2 heterocycles. The highest BCUT2D eigenvalue weighted by molar-refractivity contribution is 6.02. The van der Waals surface area contributed by atoms with Crippen LogP contribution in [0.15, 0.2) is 83.2 Å². The molecule has 0 amide bonds. The van der Waals surface area contributed by atoms with Gasteiger partial charge in [0, 0.05) is 24.5 Å². The number of rotatable bonds is 12. The molecule has 2 aliphatic heterocycles. The molecule has 0 atom stereocenters. The molecule has 0 fully saturated rings. The highest BCUT2D eigenvalue weighted by atomic mass is 16.5. The van der Waals surface area contributed by atoms with Gasteiger partial charge in [0.05, 0.1) is 66.0 Å². The maximum atomic E-state index is 12.9. The van der Waals surface area contributed by atoms with Crippen LogP contribution in [0.1, 0.15) is 19.3 Å². The van der Waals surface area contributed by atoms with Crippen molar-refractivity contribution in [3.05, 3.63) is 83.2 Å². The zero-order valence-electron chi connectivity index (χ0n) is 26.2. The summed E-state index contributed by atoms with van der Waals surface area (Å²) in [5, 5.41) is 0. The van der Waals surface area contributed by atoms with Crippen LogP contribution in [0.4, 0.5) is 11.4 Å². The fourth-order valence-electron chi connectivity index (χ4n) is 5.60. The van der Waals surface area contributed by atoms with Gasteiger partial charge in [0.25, 0.3) is 0 Å². The Morgan fingerprint density at radius 2 is 0.889 bits per heavy atom. The van der Waals surface area contributed by atoms with E-state index in [4.69, 9.17) is 18.9 Å². The van der Waals surface area contributed by atoms with Crippen molar-refractivity contribution in [2.24, 2.45) is 0 Å². The molecule has 240 valence electrons. The summed E-state index contributed by atoms with van der Waals surface area (Å²) < 4.78 is 20.2. The summed E-state index contributed by atoms with van der Waals surface area (Å²) >= 11 is 0. The molecule has 12 nitrogen and oxygen atoms in total. The summed E-state index contributed by atoms with van der Waals surface area (Å²) in [6, 6.07) is 19.3. The molecule has 0 unspecified atom stereocenters. The number of anilines is 2. The zero-order valence-corrected chi connectivity index (χ0v) is 26.2. The molecule has 0 saturated carbocycles. The summed E-state index contributed by atoms with van der Waals surface area (Å²) in [5.74, 6) is -2.36. The van der Waals surface area contributed by atoms with E-state index in [1.165, 1.54) is 28.4 Å². The van der Waals surface area contributed by atoms with Gasteiger partial charge >= 0.3 is 23.9 Å². The molecule has 0 aliphatic carbocycles. The van der Waals surface area contributed by atoms with E-state index < -0.39 is 23.9 Å². The van der Waals surface area contributed by atoms with Crippen LogP contribution in [0, 0.1) is 0 Å². The molecule has 4 rings (SSSR count). The van der Waals surface area contributed by atoms with Crippen LogP contribution in [-0.2, 0) is 38.1 Å². The number of methoxy groups -OCH3 is 4. The Morgan fingerprint density at radius 3 is 1.22 bits per heavy atom. The van der Waals surface area contributed by atoms with Gasteiger partial charge in [-0.05, 0) is 43.5 Å². The number of carbonyl (C=O) groups is 4. The molecule has 0 radical (unpaired) electrons. The minimum Gasteiger partial charge on any atom is -0.466 e. The first-order valence-corrected chi connectivity index (χ1v) is 14.7. The SMILES string of the molecule is COC(=O)C1=C(C(=O)OC)N(CCCCCN2CN(c3ccccc3)CC(C(=O)OC)=C2C(=O)OC)CN(c2ccccc2)C1. The fourth-order valence-corrected chi connectivity index (χ4v) is 5.60. The second kappa shape index (κ2) is 15.6. The lowest BCUT2D eigenvalue weighted by atomic mass is 10.1. The van der Waals surface area contributed by atoms with Crippen molar-refractivity contribution in [3.63, 3.8) is 0 Å². The topological polar surface area (TPSA) is 118 Å². The molecule has 0 bridgehead atoms. The molecule has 2 aromatic carbocycles. The van der Waals surface area contributed by atoms with E-state index in [9.17, 15) is 19.2 Å². The first-order chi connectivity index (χ1) is 21.8. The number of hydrogen-bond donors (Lipinski definition) is 0. The summed E-state index contributed by atoms with van der Waals surface area (Å²) in [5.41, 5.74) is 2.68. The van der Waals surface area contributed by atoms with Crippen LogP contribution in [0.25, 0.3) is 0 Å². The van der Waals surface area contributed by atoms with Crippen LogP contribution in [0.2, 0.25) is 0 Å². The van der Waals surface area contributed by atoms with Gasteiger partial charge in [0.15, 0.2) is 0 Å². The molecule has 0 saturated heterocycles. The van der Waals surface area contributed by atoms with Gasteiger partial charge in [-0.25, -0.2) is 19.2 Å². The second-order valence-corrected chi connectivity index (χ2v) is 10.6. The van der Waals surface area contributed by atoms with Crippen molar-refractivity contribution in [2.45, 2.75) is 19.3 Å². The van der Waals surface area contributed by atoms with Crippen LogP contribution in [-0.4, -0.2) is 102 Å². The minimum atomic E-state index is -0.597. The quantitative estimate of drug-likeness (QED) is 0.197. The fraction of sp³-hybridized carbons (Fsp3) is 0.394. The molecular formula is C33H40N4O8. The van der Waals surface area contributed by atoms with Crippen molar-refractivity contribution in [1.82, 2.24) is 9.80 Å². The molecule has 2 aromatic rings. The number of hydrogen-bond acceptors (Lipinski definition) is 12. The Hall–Kier alpha value is -5.00. The number of carbonyl (C=O) groups excluding carboxylic acids is 4. The van der Waals surface area contributed by atoms with E-state index in [1.807, 2.05) is 80.3 Å². The van der Waals surface area contributed by atoms with Gasteiger partial charge in [0.2, 0.25) is 0 Å². The minimum absolute atomic E-state index is 0.199. The summed E-state index contributed by atoms with van der Waals surface area (Å²) in [6.07, 6.45) is 2.08. The number of nitrogens with zero attached hydrogens (tertiary/aromatic N) is 4. The van der Waals surface area contributed by atoms with Crippen LogP contribution in [0.3, 0.4) is 0 Å². The summed E-state index contributed by atoms with van der Waals surface area (Å²) in [6.45, 7) is 2.11. The van der Waals surface area contributed by atoms with Crippen molar-refractivity contribution in [1.29, 1.82) is 0 Å². The van der Waals surface area contributed by atoms with Gasteiger partial charge in [-0.1, -0.05) is 36.4 Å². The van der Waals surface area contributed by atoms with Gasteiger partial charge in [0.1, 0.15) is 11.4 Å². The third-order valence-corrected chi connectivity index (χ3v) is 7.80. The first-order valence-electron chi connectivity index (χ1n) is 14.7. The van der Waals surface area contributed by atoms with Crippen LogP contribution >= 0.6 is 0 Å². The van der Waals surface area contributed by atoms with Crippen LogP contribution in [0.5, 0.6) is 0 Å². The van der Waals surface area contributed by atoms with Gasteiger partial charge in [-0.3, -0.25) is 0 Å². The van der Waals surface area contributed by atoms with E-state index in [-0.39, 0.29) is 35.6 Å². The number of esters is 4. The highest BCUT2D eigenvalue weighted by Gasteiger charge is 2.35. The average molecular weight is 621 g/mol. The summed E-state index contributed by atoms with van der Waals surface area (Å²) in [7, 11) is 5.16. The maximum absolute atomic E-state index is 12.9. The Kier molecular flexibility index (Phi) is 11.4. The van der Waals surface area contributed by atoms with Crippen molar-refractivity contribution in [3.8, 4) is 0 Å². The number of benzene rings is 2. The van der Waals surface area contributed by atoms with Crippen molar-refractivity contribution < 1.29 is 38.1 Å². The smallest absolute Gasteiger partial charge is 0.355 e. The Morgan fingerprint density at radius 1 is 0.533 bits per heavy atom. The molecule has 2 aliphatic rings. The van der Waals surface area contributed by atoms with E-state index in [1.54, 1.807) is 0 Å². The molecule has 0 aromatic heterocycles. The largest absolute Gasteiger partial charge is 0.466 e. The van der Waals surface area contributed by atoms with E-state index in [2.05, 4.69) is 0 Å². The average Bonchev–Trinajstić information content (AvgIpc) is 3.10. The van der Waals surface area contributed by atoms with E-state index in [0.29, 0.717) is 39.3 Å². The first kappa shape index (κ1) is 32.9. The summed E-state index contributed by atoms with van der Waals surface area (Å²) in [4.78, 5) is 59.0. The van der Waals surface area contributed by atoms with Gasteiger partial charge in [-0.15, -0.1) is 0 Å². The number of unbranched alkanes of at least 4 members (excludes halogenated alkanes) is 2. The van der Waals surface area contributed by atoms with Crippen molar-refractivity contribution >= 4 is 35.3 Å². The normalized spacial score (nSPS) is 15.2. The predicted octanol–water partition coefficient (Wildman–Crippen LogP) is 2.92. The molecule has 0 N–H and O–H groups in total. The van der Waals surface area contributed by atoms with E-state index >= 15 is 0 Å². The third kappa shape index (κ3) is 7.75. The standard InChI is InChI=1S/C33H40N4O8/c1-42-30(38)26-20-36(24-14-8-5-9-15-24)22-34(28(26)32(40)44-3)18-12-7-13-19-35-23-37(25-16-10-6-11-17-25)21-27(31(39)43-2)29(35)33(41)45-4/h5-6,8-11,14-17H,7,12-13,18-23H2,1-4H3. The molecule has 0 spiro atoms. The predicted molar refractivity (Wildman–Crippen MR) is 167 cm³/mol. The third-order valence-electron chi connectivity index (χ3n) is 7.80. The lowest BCUT2D eigenvalue weighted by Crippen LogP contribution is -2.48. The number of para-hydroxylation sites is 2. The Bertz CT molecular complexity index is 1320. The lowest BCUT2D eigenvalue weighted by Gasteiger charge is -2.40. The molecule has 45 heavy (non-hydrogen) atoms. The maximum Gasteiger partial charge on any atom is 0.355 e. The molecule has 12 heteroatoms. The van der Waals surface area contributed by atoms with Gasteiger partial charge in [-0.2, -0.15) is 0 Å². The second-order valence-electron chi connectivity index (χ2n) is 10.6. The number of ether oxygens (including phenoxy) is 4.